The number of thiazole rings is 1. The minimum absolute atomic E-state index is 0.660. The molecule has 0 unspecified atom stereocenters. The van der Waals surface area contributed by atoms with Gasteiger partial charge >= 0.3 is 0 Å². The Kier molecular flexibility index (Phi) is 6.90. The van der Waals surface area contributed by atoms with Crippen LogP contribution < -0.4 is 10.2 Å². The zero-order chi connectivity index (χ0) is 24.5. The molecule has 2 aliphatic heterocycles. The van der Waals surface area contributed by atoms with Crippen molar-refractivity contribution in [2.24, 2.45) is 0 Å². The van der Waals surface area contributed by atoms with Gasteiger partial charge in [-0.3, -0.25) is 9.80 Å². The van der Waals surface area contributed by atoms with Crippen LogP contribution in [0.4, 0.5) is 5.69 Å². The molecule has 3 aromatic heterocycles. The van der Waals surface area contributed by atoms with Crippen molar-refractivity contribution in [2.45, 2.75) is 20.0 Å². The van der Waals surface area contributed by atoms with Crippen LogP contribution in [0.5, 0.6) is 0 Å². The fourth-order valence-electron chi connectivity index (χ4n) is 5.10. The molecule has 8 nitrogen and oxygen atoms in total. The van der Waals surface area contributed by atoms with E-state index in [0.717, 1.165) is 98.7 Å². The van der Waals surface area contributed by atoms with Gasteiger partial charge in [0.15, 0.2) is 5.65 Å². The van der Waals surface area contributed by atoms with Crippen LogP contribution in [-0.4, -0.2) is 82.1 Å². The van der Waals surface area contributed by atoms with Crippen LogP contribution in [0.3, 0.4) is 0 Å². The molecule has 4 aromatic rings. The molecule has 0 saturated carbocycles. The molecule has 0 radical (unpaired) electrons. The van der Waals surface area contributed by atoms with Gasteiger partial charge in [0.2, 0.25) is 0 Å². The summed E-state index contributed by atoms with van der Waals surface area (Å²) in [6, 6.07) is 8.70. The summed E-state index contributed by atoms with van der Waals surface area (Å²) in [7, 11) is 0. The molecule has 2 aliphatic rings. The Labute approximate surface area is 220 Å². The number of aryl methyl sites for hydroxylation is 1. The van der Waals surface area contributed by atoms with Gasteiger partial charge in [0, 0.05) is 76.4 Å². The maximum absolute atomic E-state index is 6.69. The average molecular weight is 523 g/mol. The van der Waals surface area contributed by atoms with Gasteiger partial charge in [0.05, 0.1) is 27.6 Å². The Bertz CT molecular complexity index is 1320. The highest BCUT2D eigenvalue weighted by Crippen LogP contribution is 2.34. The lowest BCUT2D eigenvalue weighted by Crippen LogP contribution is -2.46. The van der Waals surface area contributed by atoms with Gasteiger partial charge in [0.1, 0.15) is 11.3 Å². The zero-order valence-electron chi connectivity index (χ0n) is 20.5. The van der Waals surface area contributed by atoms with Gasteiger partial charge in [0.25, 0.3) is 0 Å². The second-order valence-electron chi connectivity index (χ2n) is 9.58. The van der Waals surface area contributed by atoms with Crippen LogP contribution in [-0.2, 0) is 13.1 Å². The number of aromatic nitrogens is 4. The Morgan fingerprint density at radius 3 is 2.42 bits per heavy atom. The summed E-state index contributed by atoms with van der Waals surface area (Å²) in [4.78, 5) is 24.8. The van der Waals surface area contributed by atoms with Crippen LogP contribution in [0, 0.1) is 6.92 Å². The highest BCUT2D eigenvalue weighted by Gasteiger charge is 2.23. The highest BCUT2D eigenvalue weighted by atomic mass is 35.5. The fourth-order valence-corrected chi connectivity index (χ4v) is 5.97. The molecular weight excluding hydrogens is 492 g/mol. The van der Waals surface area contributed by atoms with Gasteiger partial charge in [-0.2, -0.15) is 0 Å². The molecule has 188 valence electrons. The van der Waals surface area contributed by atoms with E-state index in [-0.39, 0.29) is 0 Å². The van der Waals surface area contributed by atoms with Crippen molar-refractivity contribution in [2.75, 3.05) is 57.3 Å². The van der Waals surface area contributed by atoms with E-state index in [1.165, 1.54) is 5.56 Å². The molecule has 10 heteroatoms. The second kappa shape index (κ2) is 10.4. The normalized spacial score (nSPS) is 17.8. The Morgan fingerprint density at radius 1 is 0.944 bits per heavy atom. The van der Waals surface area contributed by atoms with Gasteiger partial charge in [-0.1, -0.05) is 35.9 Å². The maximum Gasteiger partial charge on any atom is 0.180 e. The number of hydrogen-bond acceptors (Lipinski definition) is 8. The zero-order valence-corrected chi connectivity index (χ0v) is 22.1. The molecule has 6 rings (SSSR count). The summed E-state index contributed by atoms with van der Waals surface area (Å²) < 4.78 is 0. The van der Waals surface area contributed by atoms with Gasteiger partial charge in [-0.25, -0.2) is 15.0 Å². The number of nitrogens with one attached hydrogen (secondary N) is 2. The lowest BCUT2D eigenvalue weighted by atomic mass is 10.1. The van der Waals surface area contributed by atoms with Crippen molar-refractivity contribution in [1.82, 2.24) is 35.1 Å². The number of H-pyrrole nitrogens is 1. The van der Waals surface area contributed by atoms with Gasteiger partial charge < -0.3 is 15.2 Å². The summed E-state index contributed by atoms with van der Waals surface area (Å²) in [5.74, 6) is 0.826. The number of benzene rings is 1. The molecule has 0 amide bonds. The van der Waals surface area contributed by atoms with Crippen molar-refractivity contribution in [3.63, 3.8) is 0 Å². The summed E-state index contributed by atoms with van der Waals surface area (Å²) in [6.45, 7) is 12.0. The SMILES string of the molecule is Cc1nc(CN2CCN(c3c(Cl)cnc4nc(-c5ccc(CN6CCNCC6)cc5)[nH]c34)CC2)cs1. The first-order valence-corrected chi connectivity index (χ1v) is 13.8. The van der Waals surface area contributed by atoms with Crippen LogP contribution in [0.1, 0.15) is 16.3 Å². The number of piperazine rings is 2. The quantitative estimate of drug-likeness (QED) is 0.399. The van der Waals surface area contributed by atoms with Gasteiger partial charge in [-0.15, -0.1) is 11.3 Å². The number of imidazole rings is 1. The summed E-state index contributed by atoms with van der Waals surface area (Å²) >= 11 is 8.41. The van der Waals surface area contributed by atoms with E-state index < -0.39 is 0 Å². The van der Waals surface area contributed by atoms with Crippen molar-refractivity contribution < 1.29 is 0 Å². The molecule has 0 atom stereocenters. The van der Waals surface area contributed by atoms with Crippen LogP contribution in [0.25, 0.3) is 22.6 Å². The third-order valence-corrected chi connectivity index (χ3v) is 8.13. The molecule has 0 aliphatic carbocycles. The summed E-state index contributed by atoms with van der Waals surface area (Å²) in [6.07, 6.45) is 1.73. The molecule has 2 fully saturated rings. The number of halogens is 1. The maximum atomic E-state index is 6.69. The number of fused-ring (bicyclic) bond motifs is 1. The number of hydrogen-bond donors (Lipinski definition) is 2. The molecule has 0 spiro atoms. The average Bonchev–Trinajstić information content (AvgIpc) is 3.52. The van der Waals surface area contributed by atoms with E-state index in [9.17, 15) is 0 Å². The third-order valence-electron chi connectivity index (χ3n) is 7.03. The smallest absolute Gasteiger partial charge is 0.180 e. The Morgan fingerprint density at radius 2 is 1.69 bits per heavy atom. The van der Waals surface area contributed by atoms with Crippen molar-refractivity contribution in [3.05, 3.63) is 57.1 Å². The monoisotopic (exact) mass is 522 g/mol. The minimum Gasteiger partial charge on any atom is -0.366 e. The van der Waals surface area contributed by atoms with Crippen molar-refractivity contribution in [3.8, 4) is 11.4 Å². The molecule has 36 heavy (non-hydrogen) atoms. The van der Waals surface area contributed by atoms with E-state index in [2.05, 4.69) is 71.5 Å². The predicted octanol–water partition coefficient (Wildman–Crippen LogP) is 3.77. The molecule has 1 aromatic carbocycles. The second-order valence-corrected chi connectivity index (χ2v) is 11.1. The lowest BCUT2D eigenvalue weighted by molar-refractivity contribution is 0.233. The first-order valence-electron chi connectivity index (χ1n) is 12.6. The number of aromatic amines is 1. The Hall–Kier alpha value is -2.56. The van der Waals surface area contributed by atoms with Crippen LogP contribution in [0.15, 0.2) is 35.8 Å². The number of pyridine rings is 1. The van der Waals surface area contributed by atoms with Crippen molar-refractivity contribution >= 4 is 39.8 Å². The predicted molar refractivity (Wildman–Crippen MR) is 147 cm³/mol. The molecule has 2 saturated heterocycles. The molecule has 5 heterocycles. The van der Waals surface area contributed by atoms with Crippen LogP contribution >= 0.6 is 22.9 Å². The molecule has 0 bridgehead atoms. The van der Waals surface area contributed by atoms with E-state index in [1.54, 1.807) is 17.5 Å². The van der Waals surface area contributed by atoms with Crippen LogP contribution in [0.2, 0.25) is 5.02 Å². The van der Waals surface area contributed by atoms with E-state index in [1.807, 2.05) is 0 Å². The third kappa shape index (κ3) is 5.12. The highest BCUT2D eigenvalue weighted by molar-refractivity contribution is 7.09. The van der Waals surface area contributed by atoms with E-state index in [4.69, 9.17) is 16.6 Å². The summed E-state index contributed by atoms with van der Waals surface area (Å²) in [5.41, 5.74) is 6.15. The summed E-state index contributed by atoms with van der Waals surface area (Å²) in [5, 5.41) is 7.36. The van der Waals surface area contributed by atoms with E-state index in [0.29, 0.717) is 10.7 Å². The fraction of sp³-hybridized carbons (Fsp3) is 0.423. The molecule has 2 N–H and O–H groups in total. The minimum atomic E-state index is 0.660. The first kappa shape index (κ1) is 23.8. The first-order chi connectivity index (χ1) is 17.6. The molecular formula is C26H31ClN8S. The van der Waals surface area contributed by atoms with Gasteiger partial charge in [-0.05, 0) is 12.5 Å². The largest absolute Gasteiger partial charge is 0.366 e. The van der Waals surface area contributed by atoms with Crippen molar-refractivity contribution in [1.29, 1.82) is 0 Å². The topological polar surface area (TPSA) is 76.2 Å². The van der Waals surface area contributed by atoms with E-state index >= 15 is 0 Å². The number of anilines is 1. The standard InChI is InChI=1S/C26H31ClN8S/c1-18-30-21(17-36-18)16-34-10-12-35(13-11-34)24-22(27)14-29-26-23(24)31-25(32-26)20-4-2-19(3-5-20)15-33-8-6-28-7-9-33/h2-5,14,17,28H,6-13,15-16H2,1H3,(H,29,31,32). The Balaban J connectivity index is 1.18. The number of nitrogens with zero attached hydrogens (tertiary/aromatic N) is 6. The number of rotatable bonds is 6. The lowest BCUT2D eigenvalue weighted by Gasteiger charge is -2.36.